The topological polar surface area (TPSA) is 73.9 Å². The summed E-state index contributed by atoms with van der Waals surface area (Å²) in [5.41, 5.74) is 0.449. The van der Waals surface area contributed by atoms with E-state index in [9.17, 15) is 0 Å². The van der Waals surface area contributed by atoms with Crippen molar-refractivity contribution in [1.82, 2.24) is 20.1 Å². The van der Waals surface area contributed by atoms with Gasteiger partial charge in [0, 0.05) is 13.0 Å². The largest absolute Gasteiger partial charge is 0.377 e. The van der Waals surface area contributed by atoms with E-state index in [1.807, 2.05) is 13.8 Å². The van der Waals surface area contributed by atoms with Gasteiger partial charge in [0.1, 0.15) is 12.4 Å². The third-order valence-electron chi connectivity index (χ3n) is 2.22. The van der Waals surface area contributed by atoms with Gasteiger partial charge in [-0.25, -0.2) is 9.97 Å². The average molecular weight is 269 g/mol. The van der Waals surface area contributed by atoms with Crippen LogP contribution >= 0.6 is 11.6 Å². The molecule has 0 N–H and O–H groups in total. The maximum absolute atomic E-state index is 6.04. The summed E-state index contributed by atoms with van der Waals surface area (Å²) in [6.07, 6.45) is 1.54. The molecule has 2 aromatic heterocycles. The van der Waals surface area contributed by atoms with Gasteiger partial charge in [-0.2, -0.15) is 4.98 Å². The second-order valence-electron chi connectivity index (χ2n) is 4.03. The van der Waals surface area contributed by atoms with Gasteiger partial charge >= 0.3 is 0 Å². The van der Waals surface area contributed by atoms with Crippen LogP contribution in [0.25, 0.3) is 11.6 Å². The van der Waals surface area contributed by atoms with Gasteiger partial charge in [-0.05, 0) is 0 Å². The van der Waals surface area contributed by atoms with E-state index < -0.39 is 0 Å². The first kappa shape index (κ1) is 12.9. The van der Waals surface area contributed by atoms with Crippen LogP contribution < -0.4 is 0 Å². The van der Waals surface area contributed by atoms with Gasteiger partial charge in [0.2, 0.25) is 0 Å². The predicted molar refractivity (Wildman–Crippen MR) is 65.1 cm³/mol. The van der Waals surface area contributed by atoms with Gasteiger partial charge < -0.3 is 9.26 Å². The van der Waals surface area contributed by atoms with Gasteiger partial charge in [0.25, 0.3) is 5.89 Å². The first-order valence-corrected chi connectivity index (χ1v) is 5.84. The summed E-state index contributed by atoms with van der Waals surface area (Å²) in [7, 11) is 1.56. The van der Waals surface area contributed by atoms with E-state index in [0.29, 0.717) is 22.4 Å². The molecule has 7 heteroatoms. The van der Waals surface area contributed by atoms with Crippen LogP contribution in [-0.4, -0.2) is 27.2 Å². The Morgan fingerprint density at radius 2 is 2.17 bits per heavy atom. The molecule has 0 amide bonds. The second kappa shape index (κ2) is 5.41. The van der Waals surface area contributed by atoms with Crippen molar-refractivity contribution in [1.29, 1.82) is 0 Å². The Kier molecular flexibility index (Phi) is 3.88. The van der Waals surface area contributed by atoms with E-state index in [0.717, 1.165) is 0 Å². The van der Waals surface area contributed by atoms with Crippen LogP contribution in [0.15, 0.2) is 10.7 Å². The van der Waals surface area contributed by atoms with E-state index in [2.05, 4.69) is 20.1 Å². The molecule has 0 aromatic carbocycles. The van der Waals surface area contributed by atoms with Gasteiger partial charge in [0.05, 0.1) is 11.2 Å². The first-order valence-electron chi connectivity index (χ1n) is 5.46. The van der Waals surface area contributed by atoms with Crippen molar-refractivity contribution in [3.05, 3.63) is 22.9 Å². The molecule has 0 fully saturated rings. The highest BCUT2D eigenvalue weighted by molar-refractivity contribution is 6.32. The third-order valence-corrected chi connectivity index (χ3v) is 2.50. The van der Waals surface area contributed by atoms with Crippen LogP contribution in [-0.2, 0) is 11.3 Å². The van der Waals surface area contributed by atoms with Gasteiger partial charge in [-0.15, -0.1) is 0 Å². The molecule has 0 aliphatic carbocycles. The number of ether oxygens (including phenoxy) is 1. The molecule has 0 spiro atoms. The molecule has 0 radical (unpaired) electrons. The molecule has 2 rings (SSSR count). The van der Waals surface area contributed by atoms with Gasteiger partial charge in [-0.1, -0.05) is 30.6 Å². The number of rotatable bonds is 4. The van der Waals surface area contributed by atoms with Crippen molar-refractivity contribution in [2.24, 2.45) is 0 Å². The van der Waals surface area contributed by atoms with Crippen molar-refractivity contribution >= 4 is 11.6 Å². The zero-order valence-electron chi connectivity index (χ0n) is 10.3. The zero-order valence-corrected chi connectivity index (χ0v) is 11.1. The van der Waals surface area contributed by atoms with Crippen LogP contribution in [0.3, 0.4) is 0 Å². The molecule has 96 valence electrons. The summed E-state index contributed by atoms with van der Waals surface area (Å²) < 4.78 is 10.0. The second-order valence-corrected chi connectivity index (χ2v) is 4.44. The number of nitrogens with zero attached hydrogens (tertiary/aromatic N) is 4. The minimum absolute atomic E-state index is 0.197. The number of hydrogen-bond donors (Lipinski definition) is 0. The molecular formula is C11H13ClN4O2. The lowest BCUT2D eigenvalue weighted by molar-refractivity contribution is 0.174. The fourth-order valence-electron chi connectivity index (χ4n) is 1.35. The molecule has 0 aliphatic heterocycles. The quantitative estimate of drug-likeness (QED) is 0.848. The summed E-state index contributed by atoms with van der Waals surface area (Å²) >= 11 is 6.04. The summed E-state index contributed by atoms with van der Waals surface area (Å²) in [6, 6.07) is 0. The predicted octanol–water partition coefficient (Wildman–Crippen LogP) is 2.45. The monoisotopic (exact) mass is 268 g/mol. The SMILES string of the molecule is COCc1noc(-c2nc(C(C)C)ncc2Cl)n1. The number of aromatic nitrogens is 4. The van der Waals surface area contributed by atoms with Crippen molar-refractivity contribution in [3.63, 3.8) is 0 Å². The summed E-state index contributed by atoms with van der Waals surface area (Å²) in [4.78, 5) is 12.6. The number of halogens is 1. The molecule has 18 heavy (non-hydrogen) atoms. The highest BCUT2D eigenvalue weighted by Crippen LogP contribution is 2.25. The molecule has 0 bridgehead atoms. The number of hydrogen-bond acceptors (Lipinski definition) is 6. The Bertz CT molecular complexity index is 542. The van der Waals surface area contributed by atoms with Gasteiger partial charge in [0.15, 0.2) is 11.5 Å². The molecule has 0 unspecified atom stereocenters. The summed E-state index contributed by atoms with van der Waals surface area (Å²) in [5, 5.41) is 4.15. The molecule has 0 atom stereocenters. The molecule has 0 saturated heterocycles. The van der Waals surface area contributed by atoms with E-state index in [4.69, 9.17) is 20.9 Å². The van der Waals surface area contributed by atoms with Crippen molar-refractivity contribution in [3.8, 4) is 11.6 Å². The molecular weight excluding hydrogens is 256 g/mol. The van der Waals surface area contributed by atoms with Crippen LogP contribution in [0, 0.1) is 0 Å². The van der Waals surface area contributed by atoms with E-state index in [-0.39, 0.29) is 18.4 Å². The van der Waals surface area contributed by atoms with E-state index in [1.54, 1.807) is 13.3 Å². The maximum Gasteiger partial charge on any atom is 0.278 e. The molecule has 2 aromatic rings. The molecule has 0 aliphatic rings. The highest BCUT2D eigenvalue weighted by atomic mass is 35.5. The fraction of sp³-hybridized carbons (Fsp3) is 0.455. The Labute approximate surface area is 109 Å². The Balaban J connectivity index is 2.38. The van der Waals surface area contributed by atoms with Crippen LogP contribution in [0.2, 0.25) is 5.02 Å². The minimum atomic E-state index is 0.197. The van der Waals surface area contributed by atoms with E-state index >= 15 is 0 Å². The van der Waals surface area contributed by atoms with Crippen LogP contribution in [0.4, 0.5) is 0 Å². The first-order chi connectivity index (χ1) is 8.61. The summed E-state index contributed by atoms with van der Waals surface area (Å²) in [5.74, 6) is 1.60. The van der Waals surface area contributed by atoms with E-state index in [1.165, 1.54) is 0 Å². The maximum atomic E-state index is 6.04. The van der Waals surface area contributed by atoms with Gasteiger partial charge in [-0.3, -0.25) is 0 Å². The smallest absolute Gasteiger partial charge is 0.278 e. The molecule has 0 saturated carbocycles. The Hall–Kier alpha value is -1.53. The van der Waals surface area contributed by atoms with Crippen LogP contribution in [0.5, 0.6) is 0 Å². The highest BCUT2D eigenvalue weighted by Gasteiger charge is 2.16. The lowest BCUT2D eigenvalue weighted by atomic mass is 10.2. The Morgan fingerprint density at radius 3 is 2.83 bits per heavy atom. The third kappa shape index (κ3) is 2.65. The normalized spacial score (nSPS) is 11.2. The standard InChI is InChI=1S/C11H13ClN4O2/c1-6(2)10-13-4-7(12)9(15-10)11-14-8(5-17-3)16-18-11/h4,6H,5H2,1-3H3. The molecule has 2 heterocycles. The Morgan fingerprint density at radius 1 is 1.39 bits per heavy atom. The molecule has 6 nitrogen and oxygen atoms in total. The van der Waals surface area contributed by atoms with Crippen LogP contribution in [0.1, 0.15) is 31.4 Å². The van der Waals surface area contributed by atoms with Crippen molar-refractivity contribution < 1.29 is 9.26 Å². The van der Waals surface area contributed by atoms with Crippen molar-refractivity contribution in [2.75, 3.05) is 7.11 Å². The van der Waals surface area contributed by atoms with Crippen molar-refractivity contribution in [2.45, 2.75) is 26.4 Å². The average Bonchev–Trinajstić information content (AvgIpc) is 2.78. The zero-order chi connectivity index (χ0) is 13.1. The summed E-state index contributed by atoms with van der Waals surface area (Å²) in [6.45, 7) is 4.28. The number of methoxy groups -OCH3 is 1. The lowest BCUT2D eigenvalue weighted by Gasteiger charge is -2.04. The lowest BCUT2D eigenvalue weighted by Crippen LogP contribution is -1.99. The fourth-order valence-corrected chi connectivity index (χ4v) is 1.52. The minimum Gasteiger partial charge on any atom is -0.377 e.